The predicted molar refractivity (Wildman–Crippen MR) is 89.5 cm³/mol. The van der Waals surface area contributed by atoms with Gasteiger partial charge in [-0.2, -0.15) is 0 Å². The summed E-state index contributed by atoms with van der Waals surface area (Å²) in [6, 6.07) is 7.79. The average molecular weight is 302 g/mol. The summed E-state index contributed by atoms with van der Waals surface area (Å²) < 4.78 is 11.2. The topological polar surface area (TPSA) is 56.8 Å². The SMILES string of the molecule is COc1ccccc1C1=CCC(/C=N/C=C/CC(N)=S)O1. The van der Waals surface area contributed by atoms with Gasteiger partial charge in [0.05, 0.1) is 17.7 Å². The lowest BCUT2D eigenvalue weighted by atomic mass is 10.1. The van der Waals surface area contributed by atoms with Crippen molar-refractivity contribution in [1.82, 2.24) is 0 Å². The number of ether oxygens (including phenoxy) is 2. The molecule has 1 aromatic rings. The molecular weight excluding hydrogens is 284 g/mol. The molecule has 0 radical (unpaired) electrons. The summed E-state index contributed by atoms with van der Waals surface area (Å²) in [4.78, 5) is 4.64. The summed E-state index contributed by atoms with van der Waals surface area (Å²) in [5.74, 6) is 1.63. The minimum absolute atomic E-state index is 0.0561. The standard InChI is InChI=1S/C16H18N2O2S/c1-19-14-6-3-2-5-13(14)15-9-8-12(20-15)11-18-10-4-7-16(17)21/h2-6,9-12H,7-8H2,1H3,(H2,17,21)/b10-4+,18-11+. The molecule has 0 bridgehead atoms. The van der Waals surface area contributed by atoms with Gasteiger partial charge in [0.2, 0.25) is 0 Å². The van der Waals surface area contributed by atoms with Gasteiger partial charge >= 0.3 is 0 Å². The Hall–Kier alpha value is -2.14. The van der Waals surface area contributed by atoms with Crippen LogP contribution in [0.5, 0.6) is 5.75 Å². The molecule has 1 unspecified atom stereocenters. The van der Waals surface area contributed by atoms with E-state index in [4.69, 9.17) is 27.4 Å². The summed E-state index contributed by atoms with van der Waals surface area (Å²) in [5.41, 5.74) is 6.35. The second kappa shape index (κ2) is 7.59. The van der Waals surface area contributed by atoms with Gasteiger partial charge in [-0.15, -0.1) is 0 Å². The number of thiocarbonyl (C=S) groups is 1. The Kier molecular flexibility index (Phi) is 5.51. The summed E-state index contributed by atoms with van der Waals surface area (Å²) in [5, 5.41) is 0. The molecule has 2 N–H and O–H groups in total. The van der Waals surface area contributed by atoms with Gasteiger partial charge in [-0.1, -0.05) is 30.4 Å². The highest BCUT2D eigenvalue weighted by Gasteiger charge is 2.19. The van der Waals surface area contributed by atoms with Gasteiger partial charge in [0.25, 0.3) is 0 Å². The van der Waals surface area contributed by atoms with E-state index in [1.54, 1.807) is 19.5 Å². The Morgan fingerprint density at radius 3 is 3.10 bits per heavy atom. The maximum Gasteiger partial charge on any atom is 0.137 e. The molecule has 0 fully saturated rings. The van der Waals surface area contributed by atoms with Gasteiger partial charge in [-0.3, -0.25) is 4.99 Å². The van der Waals surface area contributed by atoms with Crippen LogP contribution in [0.15, 0.2) is 47.6 Å². The second-order valence-electron chi connectivity index (χ2n) is 4.51. The van der Waals surface area contributed by atoms with E-state index < -0.39 is 0 Å². The molecule has 1 aromatic carbocycles. The van der Waals surface area contributed by atoms with Crippen molar-refractivity contribution in [2.24, 2.45) is 10.7 Å². The van der Waals surface area contributed by atoms with Crippen LogP contribution in [0.3, 0.4) is 0 Å². The van der Waals surface area contributed by atoms with Gasteiger partial charge in [0, 0.05) is 25.3 Å². The number of hydrogen-bond donors (Lipinski definition) is 1. The van der Waals surface area contributed by atoms with Gasteiger partial charge in [0.15, 0.2) is 0 Å². The molecule has 0 saturated heterocycles. The fourth-order valence-electron chi connectivity index (χ4n) is 1.97. The molecule has 0 aliphatic carbocycles. The quantitative estimate of drug-likeness (QED) is 0.648. The predicted octanol–water partition coefficient (Wildman–Crippen LogP) is 3.09. The van der Waals surface area contributed by atoms with E-state index in [1.807, 2.05) is 36.4 Å². The van der Waals surface area contributed by atoms with Crippen molar-refractivity contribution in [2.75, 3.05) is 7.11 Å². The maximum absolute atomic E-state index is 5.87. The zero-order chi connectivity index (χ0) is 15.1. The Bertz CT molecular complexity index is 594. The number of aliphatic imine (C=N–C) groups is 1. The van der Waals surface area contributed by atoms with Crippen LogP contribution in [-0.2, 0) is 4.74 Å². The molecule has 1 aliphatic rings. The molecule has 1 aliphatic heterocycles. The molecule has 4 nitrogen and oxygen atoms in total. The third kappa shape index (κ3) is 4.43. The molecule has 1 heterocycles. The molecular formula is C16H18N2O2S. The van der Waals surface area contributed by atoms with E-state index in [0.717, 1.165) is 23.5 Å². The van der Waals surface area contributed by atoms with Crippen LogP contribution in [0, 0.1) is 0 Å². The van der Waals surface area contributed by atoms with Gasteiger partial charge in [-0.05, 0) is 18.2 Å². The fourth-order valence-corrected chi connectivity index (χ4v) is 2.07. The average Bonchev–Trinajstić information content (AvgIpc) is 2.95. The first-order valence-corrected chi connectivity index (χ1v) is 7.08. The van der Waals surface area contributed by atoms with Crippen LogP contribution in [0.4, 0.5) is 0 Å². The second-order valence-corrected chi connectivity index (χ2v) is 5.04. The van der Waals surface area contributed by atoms with Crippen LogP contribution in [0.25, 0.3) is 5.76 Å². The summed E-state index contributed by atoms with van der Waals surface area (Å²) in [7, 11) is 1.65. The summed E-state index contributed by atoms with van der Waals surface area (Å²) in [6.45, 7) is 0. The number of benzene rings is 1. The minimum Gasteiger partial charge on any atom is -0.496 e. The Morgan fingerprint density at radius 2 is 2.33 bits per heavy atom. The van der Waals surface area contributed by atoms with Crippen LogP contribution < -0.4 is 10.5 Å². The molecule has 0 aromatic heterocycles. The van der Waals surface area contributed by atoms with Crippen molar-refractivity contribution >= 4 is 29.2 Å². The highest BCUT2D eigenvalue weighted by Crippen LogP contribution is 2.31. The van der Waals surface area contributed by atoms with E-state index in [1.165, 1.54) is 0 Å². The van der Waals surface area contributed by atoms with E-state index in [9.17, 15) is 0 Å². The lowest BCUT2D eigenvalue weighted by Gasteiger charge is -2.11. The molecule has 5 heteroatoms. The van der Waals surface area contributed by atoms with Crippen molar-refractivity contribution in [3.05, 3.63) is 48.2 Å². The van der Waals surface area contributed by atoms with Crippen molar-refractivity contribution in [3.63, 3.8) is 0 Å². The van der Waals surface area contributed by atoms with Crippen LogP contribution in [0.2, 0.25) is 0 Å². The highest BCUT2D eigenvalue weighted by molar-refractivity contribution is 7.80. The van der Waals surface area contributed by atoms with Crippen molar-refractivity contribution in [2.45, 2.75) is 18.9 Å². The van der Waals surface area contributed by atoms with Crippen molar-refractivity contribution < 1.29 is 9.47 Å². The lowest BCUT2D eigenvalue weighted by molar-refractivity contribution is 0.257. The van der Waals surface area contributed by atoms with Gasteiger partial charge < -0.3 is 15.2 Å². The molecule has 0 amide bonds. The number of hydrogen-bond acceptors (Lipinski definition) is 4. The fraction of sp³-hybridized carbons (Fsp3) is 0.250. The molecule has 110 valence electrons. The first-order valence-electron chi connectivity index (χ1n) is 6.67. The minimum atomic E-state index is -0.0561. The number of nitrogens with two attached hydrogens (primary N) is 1. The number of nitrogens with zero attached hydrogens (tertiary/aromatic N) is 1. The molecule has 0 saturated carbocycles. The summed E-state index contributed by atoms with van der Waals surface area (Å²) >= 11 is 4.78. The number of rotatable bonds is 6. The maximum atomic E-state index is 5.87. The molecule has 2 rings (SSSR count). The monoisotopic (exact) mass is 302 g/mol. The largest absolute Gasteiger partial charge is 0.496 e. The highest BCUT2D eigenvalue weighted by atomic mass is 32.1. The molecule has 21 heavy (non-hydrogen) atoms. The van der Waals surface area contributed by atoms with Crippen molar-refractivity contribution in [1.29, 1.82) is 0 Å². The lowest BCUT2D eigenvalue weighted by Crippen LogP contribution is -2.07. The van der Waals surface area contributed by atoms with E-state index in [2.05, 4.69) is 4.99 Å². The van der Waals surface area contributed by atoms with Crippen molar-refractivity contribution in [3.8, 4) is 5.75 Å². The van der Waals surface area contributed by atoms with E-state index in [-0.39, 0.29) is 6.10 Å². The summed E-state index contributed by atoms with van der Waals surface area (Å²) in [6.07, 6.45) is 8.62. The van der Waals surface area contributed by atoms with E-state index in [0.29, 0.717) is 11.4 Å². The third-order valence-corrected chi connectivity index (χ3v) is 3.12. The third-order valence-electron chi connectivity index (χ3n) is 2.95. The van der Waals surface area contributed by atoms with Crippen LogP contribution >= 0.6 is 12.2 Å². The smallest absolute Gasteiger partial charge is 0.137 e. The first-order chi connectivity index (χ1) is 10.2. The zero-order valence-electron chi connectivity index (χ0n) is 11.9. The van der Waals surface area contributed by atoms with Crippen LogP contribution in [0.1, 0.15) is 18.4 Å². The Labute approximate surface area is 130 Å². The zero-order valence-corrected chi connectivity index (χ0v) is 12.7. The molecule has 1 atom stereocenters. The Balaban J connectivity index is 1.92. The molecule has 0 spiro atoms. The van der Waals surface area contributed by atoms with E-state index >= 15 is 0 Å². The number of para-hydroxylation sites is 1. The Morgan fingerprint density at radius 1 is 1.52 bits per heavy atom. The number of methoxy groups -OCH3 is 1. The normalized spacial score (nSPS) is 18.0. The van der Waals surface area contributed by atoms with Crippen LogP contribution in [-0.4, -0.2) is 24.4 Å². The van der Waals surface area contributed by atoms with Gasteiger partial charge in [0.1, 0.15) is 17.6 Å². The first kappa shape index (κ1) is 15.3. The van der Waals surface area contributed by atoms with Gasteiger partial charge in [-0.25, -0.2) is 0 Å².